The standard InChI is InChI=1S/C13H21BrN4O/c1-10(2)9-17-4-6-18(7-5-17)13-15-8-11(14)12(16-13)19-3/h8,10H,4-7,9H2,1-3H3. The van der Waals surface area contributed by atoms with Gasteiger partial charge < -0.3 is 9.64 Å². The summed E-state index contributed by atoms with van der Waals surface area (Å²) in [5, 5.41) is 0. The maximum atomic E-state index is 5.22. The van der Waals surface area contributed by atoms with Gasteiger partial charge in [-0.15, -0.1) is 0 Å². The van der Waals surface area contributed by atoms with E-state index in [0.29, 0.717) is 5.88 Å². The van der Waals surface area contributed by atoms with Crippen molar-refractivity contribution in [2.75, 3.05) is 44.7 Å². The fourth-order valence-corrected chi connectivity index (χ4v) is 2.64. The molecule has 0 unspecified atom stereocenters. The number of halogens is 1. The molecule has 0 N–H and O–H groups in total. The van der Waals surface area contributed by atoms with Crippen molar-refractivity contribution in [3.8, 4) is 5.88 Å². The van der Waals surface area contributed by atoms with Crippen LogP contribution in [0.3, 0.4) is 0 Å². The highest BCUT2D eigenvalue weighted by atomic mass is 79.9. The van der Waals surface area contributed by atoms with Crippen LogP contribution in [-0.2, 0) is 0 Å². The van der Waals surface area contributed by atoms with Gasteiger partial charge in [-0.05, 0) is 21.8 Å². The van der Waals surface area contributed by atoms with Crippen LogP contribution in [0, 0.1) is 5.92 Å². The summed E-state index contributed by atoms with van der Waals surface area (Å²) in [6, 6.07) is 0. The minimum atomic E-state index is 0.592. The summed E-state index contributed by atoms with van der Waals surface area (Å²) in [5.74, 6) is 2.06. The van der Waals surface area contributed by atoms with E-state index >= 15 is 0 Å². The lowest BCUT2D eigenvalue weighted by Gasteiger charge is -2.35. The van der Waals surface area contributed by atoms with Gasteiger partial charge in [0.05, 0.1) is 17.8 Å². The Balaban J connectivity index is 1.97. The van der Waals surface area contributed by atoms with Crippen LogP contribution >= 0.6 is 15.9 Å². The number of methoxy groups -OCH3 is 1. The smallest absolute Gasteiger partial charge is 0.232 e. The number of hydrogen-bond donors (Lipinski definition) is 0. The number of nitrogens with zero attached hydrogens (tertiary/aromatic N) is 4. The van der Waals surface area contributed by atoms with Crippen LogP contribution < -0.4 is 9.64 Å². The fraction of sp³-hybridized carbons (Fsp3) is 0.692. The lowest BCUT2D eigenvalue weighted by atomic mass is 10.2. The second-order valence-corrected chi connectivity index (χ2v) is 6.06. The molecule has 106 valence electrons. The SMILES string of the molecule is COc1nc(N2CCN(CC(C)C)CC2)ncc1Br. The summed E-state index contributed by atoms with van der Waals surface area (Å²) in [6.45, 7) is 9.76. The molecule has 6 heteroatoms. The number of ether oxygens (including phenoxy) is 1. The predicted molar refractivity (Wildman–Crippen MR) is 79.8 cm³/mol. The first-order valence-electron chi connectivity index (χ1n) is 6.64. The Morgan fingerprint density at radius 2 is 2.00 bits per heavy atom. The van der Waals surface area contributed by atoms with Crippen LogP contribution in [0.1, 0.15) is 13.8 Å². The minimum absolute atomic E-state index is 0.592. The molecule has 1 aromatic rings. The summed E-state index contributed by atoms with van der Waals surface area (Å²) < 4.78 is 6.00. The molecule has 0 spiro atoms. The van der Waals surface area contributed by atoms with Gasteiger partial charge in [0.1, 0.15) is 0 Å². The third-order valence-electron chi connectivity index (χ3n) is 3.17. The second kappa shape index (κ2) is 6.52. The number of rotatable bonds is 4. The molecule has 19 heavy (non-hydrogen) atoms. The molecule has 1 fully saturated rings. The molecule has 5 nitrogen and oxygen atoms in total. The molecule has 0 saturated carbocycles. The van der Waals surface area contributed by atoms with Gasteiger partial charge in [-0.3, -0.25) is 4.90 Å². The molecule has 2 heterocycles. The van der Waals surface area contributed by atoms with Gasteiger partial charge in [0.25, 0.3) is 0 Å². The molecular weight excluding hydrogens is 308 g/mol. The van der Waals surface area contributed by atoms with Crippen molar-refractivity contribution in [2.24, 2.45) is 5.92 Å². The zero-order valence-corrected chi connectivity index (χ0v) is 13.4. The van der Waals surface area contributed by atoms with E-state index in [1.807, 2.05) is 0 Å². The first kappa shape index (κ1) is 14.5. The van der Waals surface area contributed by atoms with Crippen molar-refractivity contribution in [1.82, 2.24) is 14.9 Å². The van der Waals surface area contributed by atoms with Gasteiger partial charge in [0, 0.05) is 32.7 Å². The quantitative estimate of drug-likeness (QED) is 0.845. The van der Waals surface area contributed by atoms with Crippen LogP contribution in [-0.4, -0.2) is 54.7 Å². The van der Waals surface area contributed by atoms with Crippen LogP contribution in [0.5, 0.6) is 5.88 Å². The molecule has 0 amide bonds. The number of anilines is 1. The monoisotopic (exact) mass is 328 g/mol. The van der Waals surface area contributed by atoms with E-state index < -0.39 is 0 Å². The Bertz CT molecular complexity index is 419. The van der Waals surface area contributed by atoms with Gasteiger partial charge in [0.2, 0.25) is 11.8 Å². The normalized spacial score (nSPS) is 17.0. The first-order valence-corrected chi connectivity index (χ1v) is 7.43. The largest absolute Gasteiger partial charge is 0.480 e. The Kier molecular flexibility index (Phi) is 4.99. The molecule has 1 aliphatic rings. The average Bonchev–Trinajstić information content (AvgIpc) is 2.40. The molecule has 0 radical (unpaired) electrons. The van der Waals surface area contributed by atoms with Crippen LogP contribution in [0.25, 0.3) is 0 Å². The second-order valence-electron chi connectivity index (χ2n) is 5.21. The van der Waals surface area contributed by atoms with E-state index in [9.17, 15) is 0 Å². The third-order valence-corrected chi connectivity index (χ3v) is 3.71. The molecule has 0 aliphatic carbocycles. The van der Waals surface area contributed by atoms with Crippen LogP contribution in [0.2, 0.25) is 0 Å². The summed E-state index contributed by atoms with van der Waals surface area (Å²) in [4.78, 5) is 13.5. The van der Waals surface area contributed by atoms with Crippen LogP contribution in [0.15, 0.2) is 10.7 Å². The van der Waals surface area contributed by atoms with Crippen molar-refractivity contribution < 1.29 is 4.74 Å². The maximum absolute atomic E-state index is 5.22. The molecule has 1 aromatic heterocycles. The maximum Gasteiger partial charge on any atom is 0.232 e. The number of aromatic nitrogens is 2. The van der Waals surface area contributed by atoms with Crippen molar-refractivity contribution in [1.29, 1.82) is 0 Å². The Morgan fingerprint density at radius 3 is 2.58 bits per heavy atom. The zero-order valence-electron chi connectivity index (χ0n) is 11.8. The molecule has 0 bridgehead atoms. The molecule has 1 saturated heterocycles. The molecular formula is C13H21BrN4O. The summed E-state index contributed by atoms with van der Waals surface area (Å²) in [7, 11) is 1.62. The minimum Gasteiger partial charge on any atom is -0.480 e. The van der Waals surface area contributed by atoms with Gasteiger partial charge in [-0.25, -0.2) is 4.98 Å². The highest BCUT2D eigenvalue weighted by Gasteiger charge is 2.20. The van der Waals surface area contributed by atoms with E-state index in [-0.39, 0.29) is 0 Å². The lowest BCUT2D eigenvalue weighted by Crippen LogP contribution is -2.48. The van der Waals surface area contributed by atoms with E-state index in [1.165, 1.54) is 6.54 Å². The Hall–Kier alpha value is -0.880. The molecule has 2 rings (SSSR count). The number of hydrogen-bond acceptors (Lipinski definition) is 5. The van der Waals surface area contributed by atoms with Crippen molar-refractivity contribution >= 4 is 21.9 Å². The van der Waals surface area contributed by atoms with Crippen molar-refractivity contribution in [2.45, 2.75) is 13.8 Å². The third kappa shape index (κ3) is 3.79. The van der Waals surface area contributed by atoms with E-state index in [2.05, 4.69) is 49.5 Å². The molecule has 0 atom stereocenters. The van der Waals surface area contributed by atoms with Crippen molar-refractivity contribution in [3.05, 3.63) is 10.7 Å². The number of piperazine rings is 1. The van der Waals surface area contributed by atoms with E-state index in [1.54, 1.807) is 13.3 Å². The first-order chi connectivity index (χ1) is 9.10. The lowest BCUT2D eigenvalue weighted by molar-refractivity contribution is 0.230. The molecule has 0 aromatic carbocycles. The fourth-order valence-electron chi connectivity index (χ4n) is 2.29. The van der Waals surface area contributed by atoms with E-state index in [4.69, 9.17) is 4.74 Å². The van der Waals surface area contributed by atoms with Gasteiger partial charge >= 0.3 is 0 Å². The highest BCUT2D eigenvalue weighted by molar-refractivity contribution is 9.10. The van der Waals surface area contributed by atoms with Crippen molar-refractivity contribution in [3.63, 3.8) is 0 Å². The Labute approximate surface area is 123 Å². The summed E-state index contributed by atoms with van der Waals surface area (Å²) in [6.07, 6.45) is 1.75. The highest BCUT2D eigenvalue weighted by Crippen LogP contribution is 2.23. The zero-order chi connectivity index (χ0) is 13.8. The Morgan fingerprint density at radius 1 is 1.32 bits per heavy atom. The average molecular weight is 329 g/mol. The van der Waals surface area contributed by atoms with Gasteiger partial charge in [-0.1, -0.05) is 13.8 Å². The summed E-state index contributed by atoms with van der Waals surface area (Å²) >= 11 is 3.37. The van der Waals surface area contributed by atoms with E-state index in [0.717, 1.165) is 42.5 Å². The topological polar surface area (TPSA) is 41.5 Å². The molecule has 1 aliphatic heterocycles. The van der Waals surface area contributed by atoms with Gasteiger partial charge in [0.15, 0.2) is 0 Å². The van der Waals surface area contributed by atoms with Crippen LogP contribution in [0.4, 0.5) is 5.95 Å². The van der Waals surface area contributed by atoms with Gasteiger partial charge in [-0.2, -0.15) is 4.98 Å². The summed E-state index contributed by atoms with van der Waals surface area (Å²) in [5.41, 5.74) is 0. The predicted octanol–water partition coefficient (Wildman–Crippen LogP) is 2.03.